The predicted molar refractivity (Wildman–Crippen MR) is 64.8 cm³/mol. The number of rotatable bonds is 4. The monoisotopic (exact) mass is 231 g/mol. The molecule has 1 aromatic rings. The van der Waals surface area contributed by atoms with Crippen LogP contribution < -0.4 is 5.32 Å². The SMILES string of the molecule is CCC(C)(C#N)C(=O)NC(C)c1cccnc1. The summed E-state index contributed by atoms with van der Waals surface area (Å²) in [5.41, 5.74) is -0.0338. The van der Waals surface area contributed by atoms with Crippen molar-refractivity contribution >= 4 is 5.91 Å². The van der Waals surface area contributed by atoms with Crippen molar-refractivity contribution in [3.63, 3.8) is 0 Å². The van der Waals surface area contributed by atoms with Crippen LogP contribution in [0.25, 0.3) is 0 Å². The topological polar surface area (TPSA) is 65.8 Å². The molecule has 4 heteroatoms. The molecule has 0 saturated carbocycles. The molecule has 0 aliphatic carbocycles. The first-order chi connectivity index (χ1) is 8.03. The van der Waals surface area contributed by atoms with E-state index in [0.717, 1.165) is 5.56 Å². The Hall–Kier alpha value is -1.89. The lowest BCUT2D eigenvalue weighted by Gasteiger charge is -2.22. The summed E-state index contributed by atoms with van der Waals surface area (Å²) in [6, 6.07) is 5.63. The highest BCUT2D eigenvalue weighted by molar-refractivity contribution is 5.85. The van der Waals surface area contributed by atoms with E-state index in [1.165, 1.54) is 0 Å². The van der Waals surface area contributed by atoms with Crippen molar-refractivity contribution in [2.24, 2.45) is 5.41 Å². The van der Waals surface area contributed by atoms with E-state index in [1.807, 2.05) is 26.0 Å². The largest absolute Gasteiger partial charge is 0.348 e. The first kappa shape index (κ1) is 13.2. The molecule has 0 radical (unpaired) electrons. The number of hydrogen-bond donors (Lipinski definition) is 1. The molecule has 2 atom stereocenters. The highest BCUT2D eigenvalue weighted by Gasteiger charge is 2.32. The molecule has 90 valence electrons. The van der Waals surface area contributed by atoms with E-state index >= 15 is 0 Å². The summed E-state index contributed by atoms with van der Waals surface area (Å²) in [7, 11) is 0. The molecule has 0 bridgehead atoms. The summed E-state index contributed by atoms with van der Waals surface area (Å²) < 4.78 is 0. The van der Waals surface area contributed by atoms with E-state index in [2.05, 4.69) is 16.4 Å². The van der Waals surface area contributed by atoms with Crippen LogP contribution in [0.2, 0.25) is 0 Å². The van der Waals surface area contributed by atoms with Crippen molar-refractivity contribution < 1.29 is 4.79 Å². The fourth-order valence-corrected chi connectivity index (χ4v) is 1.36. The first-order valence-corrected chi connectivity index (χ1v) is 5.65. The standard InChI is InChI=1S/C13H17N3O/c1-4-13(3,9-14)12(17)16-10(2)11-6-5-7-15-8-11/h5-8,10H,4H2,1-3H3,(H,16,17). The lowest BCUT2D eigenvalue weighted by molar-refractivity contribution is -0.128. The van der Waals surface area contributed by atoms with Gasteiger partial charge in [-0.3, -0.25) is 9.78 Å². The molecule has 1 aromatic heterocycles. The molecule has 0 aliphatic rings. The summed E-state index contributed by atoms with van der Waals surface area (Å²) in [6.07, 6.45) is 3.89. The Labute approximate surface area is 102 Å². The van der Waals surface area contributed by atoms with Gasteiger partial charge in [0.2, 0.25) is 5.91 Å². The summed E-state index contributed by atoms with van der Waals surface area (Å²) in [5, 5.41) is 11.9. The smallest absolute Gasteiger partial charge is 0.240 e. The number of hydrogen-bond acceptors (Lipinski definition) is 3. The van der Waals surface area contributed by atoms with Crippen LogP contribution in [0.5, 0.6) is 0 Å². The average Bonchev–Trinajstić information content (AvgIpc) is 2.38. The molecule has 0 fully saturated rings. The van der Waals surface area contributed by atoms with Gasteiger partial charge in [0.1, 0.15) is 5.41 Å². The van der Waals surface area contributed by atoms with E-state index in [-0.39, 0.29) is 11.9 Å². The van der Waals surface area contributed by atoms with E-state index in [4.69, 9.17) is 5.26 Å². The fraction of sp³-hybridized carbons (Fsp3) is 0.462. The van der Waals surface area contributed by atoms with Crippen molar-refractivity contribution in [2.45, 2.75) is 33.2 Å². The Morgan fingerprint density at radius 1 is 1.71 bits per heavy atom. The number of nitriles is 1. The lowest BCUT2D eigenvalue weighted by atomic mass is 9.88. The average molecular weight is 231 g/mol. The third-order valence-corrected chi connectivity index (χ3v) is 2.99. The molecule has 1 amide bonds. The Bertz CT molecular complexity index is 424. The quantitative estimate of drug-likeness (QED) is 0.863. The van der Waals surface area contributed by atoms with Gasteiger partial charge in [-0.05, 0) is 31.9 Å². The lowest BCUT2D eigenvalue weighted by Crippen LogP contribution is -2.38. The third kappa shape index (κ3) is 3.04. The molecule has 0 spiro atoms. The number of nitrogens with one attached hydrogen (secondary N) is 1. The van der Waals surface area contributed by atoms with Gasteiger partial charge in [0.25, 0.3) is 0 Å². The molecule has 17 heavy (non-hydrogen) atoms. The minimum absolute atomic E-state index is 0.143. The van der Waals surface area contributed by atoms with Gasteiger partial charge < -0.3 is 5.32 Å². The van der Waals surface area contributed by atoms with E-state index in [0.29, 0.717) is 6.42 Å². The Balaban J connectivity index is 2.74. The summed E-state index contributed by atoms with van der Waals surface area (Å²) in [5.74, 6) is -0.237. The Morgan fingerprint density at radius 2 is 2.41 bits per heavy atom. The van der Waals surface area contributed by atoms with Gasteiger partial charge in [0.15, 0.2) is 0 Å². The van der Waals surface area contributed by atoms with Crippen LogP contribution in [0.4, 0.5) is 0 Å². The number of carbonyl (C=O) groups is 1. The number of amides is 1. The van der Waals surface area contributed by atoms with E-state index < -0.39 is 5.41 Å². The van der Waals surface area contributed by atoms with Crippen molar-refractivity contribution in [3.05, 3.63) is 30.1 Å². The van der Waals surface area contributed by atoms with Gasteiger partial charge in [0.05, 0.1) is 12.1 Å². The zero-order valence-corrected chi connectivity index (χ0v) is 10.4. The van der Waals surface area contributed by atoms with Gasteiger partial charge in [-0.1, -0.05) is 13.0 Å². The molecular formula is C13H17N3O. The molecule has 2 unspecified atom stereocenters. The van der Waals surface area contributed by atoms with E-state index in [1.54, 1.807) is 19.3 Å². The van der Waals surface area contributed by atoms with Gasteiger partial charge >= 0.3 is 0 Å². The minimum Gasteiger partial charge on any atom is -0.348 e. The highest BCUT2D eigenvalue weighted by Crippen LogP contribution is 2.21. The van der Waals surface area contributed by atoms with Crippen molar-refractivity contribution in [1.29, 1.82) is 5.26 Å². The number of nitrogens with zero attached hydrogens (tertiary/aromatic N) is 2. The summed E-state index contributed by atoms with van der Waals surface area (Å²) >= 11 is 0. The maximum Gasteiger partial charge on any atom is 0.240 e. The molecule has 0 aliphatic heterocycles. The number of pyridine rings is 1. The second-order valence-corrected chi connectivity index (χ2v) is 4.28. The zero-order valence-electron chi connectivity index (χ0n) is 10.4. The molecule has 1 heterocycles. The fourth-order valence-electron chi connectivity index (χ4n) is 1.36. The normalized spacial score (nSPS) is 15.4. The van der Waals surface area contributed by atoms with Crippen molar-refractivity contribution in [3.8, 4) is 6.07 Å². The van der Waals surface area contributed by atoms with Crippen LogP contribution >= 0.6 is 0 Å². The molecule has 0 aromatic carbocycles. The Kier molecular flexibility index (Phi) is 4.22. The highest BCUT2D eigenvalue weighted by atomic mass is 16.2. The minimum atomic E-state index is -0.962. The van der Waals surface area contributed by atoms with Gasteiger partial charge in [-0.2, -0.15) is 5.26 Å². The van der Waals surface area contributed by atoms with Crippen molar-refractivity contribution in [2.75, 3.05) is 0 Å². The second-order valence-electron chi connectivity index (χ2n) is 4.28. The van der Waals surface area contributed by atoms with Gasteiger partial charge in [0, 0.05) is 12.4 Å². The first-order valence-electron chi connectivity index (χ1n) is 5.65. The van der Waals surface area contributed by atoms with Crippen LogP contribution in [-0.4, -0.2) is 10.9 Å². The second kappa shape index (κ2) is 5.44. The third-order valence-electron chi connectivity index (χ3n) is 2.99. The molecule has 1 rings (SSSR count). The van der Waals surface area contributed by atoms with Gasteiger partial charge in [-0.25, -0.2) is 0 Å². The molecule has 1 N–H and O–H groups in total. The number of carbonyl (C=O) groups excluding carboxylic acids is 1. The maximum absolute atomic E-state index is 12.0. The van der Waals surface area contributed by atoms with Gasteiger partial charge in [-0.15, -0.1) is 0 Å². The molecule has 4 nitrogen and oxygen atoms in total. The van der Waals surface area contributed by atoms with E-state index in [9.17, 15) is 4.79 Å². The van der Waals surface area contributed by atoms with Crippen LogP contribution in [0.3, 0.4) is 0 Å². The van der Waals surface area contributed by atoms with Crippen LogP contribution in [0.1, 0.15) is 38.8 Å². The molecular weight excluding hydrogens is 214 g/mol. The summed E-state index contributed by atoms with van der Waals surface area (Å²) in [4.78, 5) is 16.0. The predicted octanol–water partition coefficient (Wildman–Crippen LogP) is 2.20. The van der Waals surface area contributed by atoms with Crippen molar-refractivity contribution in [1.82, 2.24) is 10.3 Å². The Morgan fingerprint density at radius 3 is 2.88 bits per heavy atom. The zero-order chi connectivity index (χ0) is 12.9. The summed E-state index contributed by atoms with van der Waals surface area (Å²) in [6.45, 7) is 5.36. The van der Waals surface area contributed by atoms with Crippen LogP contribution in [0, 0.1) is 16.7 Å². The van der Waals surface area contributed by atoms with Crippen LogP contribution in [0.15, 0.2) is 24.5 Å². The van der Waals surface area contributed by atoms with Crippen LogP contribution in [-0.2, 0) is 4.79 Å². The maximum atomic E-state index is 12.0. The number of aromatic nitrogens is 1. The molecule has 0 saturated heterocycles.